The van der Waals surface area contributed by atoms with Crippen molar-refractivity contribution >= 4 is 17.1 Å². The van der Waals surface area contributed by atoms with E-state index >= 15 is 0 Å². The minimum Gasteiger partial charge on any atom is -0.385 e. The SMILES string of the molecule is CCNc1cc(NCCCN(CC)CC)cc([N+](=O)[O-])c1. The molecule has 6 heteroatoms. The molecule has 0 heterocycles. The van der Waals surface area contributed by atoms with Crippen LogP contribution in [0.15, 0.2) is 18.2 Å². The summed E-state index contributed by atoms with van der Waals surface area (Å²) in [6.45, 7) is 11.0. The molecule has 1 aromatic carbocycles. The van der Waals surface area contributed by atoms with E-state index in [9.17, 15) is 10.1 Å². The minimum absolute atomic E-state index is 0.111. The van der Waals surface area contributed by atoms with Gasteiger partial charge in [-0.1, -0.05) is 13.8 Å². The van der Waals surface area contributed by atoms with Crippen LogP contribution in [0.3, 0.4) is 0 Å². The molecule has 0 amide bonds. The molecular formula is C15H26N4O2. The third-order valence-electron chi connectivity index (χ3n) is 3.38. The molecule has 0 spiro atoms. The van der Waals surface area contributed by atoms with Gasteiger partial charge >= 0.3 is 0 Å². The lowest BCUT2D eigenvalue weighted by atomic mass is 10.2. The Labute approximate surface area is 126 Å². The average molecular weight is 294 g/mol. The summed E-state index contributed by atoms with van der Waals surface area (Å²) in [5.41, 5.74) is 1.68. The monoisotopic (exact) mass is 294 g/mol. The van der Waals surface area contributed by atoms with Gasteiger partial charge in [0, 0.05) is 36.6 Å². The van der Waals surface area contributed by atoms with E-state index in [0.717, 1.165) is 50.5 Å². The summed E-state index contributed by atoms with van der Waals surface area (Å²) in [5.74, 6) is 0. The highest BCUT2D eigenvalue weighted by Gasteiger charge is 2.09. The van der Waals surface area contributed by atoms with Crippen molar-refractivity contribution in [3.05, 3.63) is 28.3 Å². The van der Waals surface area contributed by atoms with Gasteiger partial charge in [0.05, 0.1) is 4.92 Å². The van der Waals surface area contributed by atoms with Crippen LogP contribution in [0.4, 0.5) is 17.1 Å². The molecule has 1 rings (SSSR count). The summed E-state index contributed by atoms with van der Waals surface area (Å²) in [6.07, 6.45) is 1.01. The second kappa shape index (κ2) is 9.18. The number of nitrogens with one attached hydrogen (secondary N) is 2. The molecule has 0 atom stereocenters. The number of hydrogen-bond acceptors (Lipinski definition) is 5. The minimum atomic E-state index is -0.359. The molecule has 0 aliphatic heterocycles. The number of benzene rings is 1. The number of anilines is 2. The van der Waals surface area contributed by atoms with E-state index in [1.807, 2.05) is 13.0 Å². The molecule has 2 N–H and O–H groups in total. The van der Waals surface area contributed by atoms with E-state index < -0.39 is 0 Å². The molecule has 0 saturated heterocycles. The van der Waals surface area contributed by atoms with Gasteiger partial charge in [-0.05, 0) is 39.0 Å². The van der Waals surface area contributed by atoms with Gasteiger partial charge < -0.3 is 15.5 Å². The lowest BCUT2D eigenvalue weighted by Gasteiger charge is -2.18. The van der Waals surface area contributed by atoms with Crippen LogP contribution in [0.1, 0.15) is 27.2 Å². The maximum Gasteiger partial charge on any atom is 0.273 e. The van der Waals surface area contributed by atoms with E-state index in [1.54, 1.807) is 12.1 Å². The van der Waals surface area contributed by atoms with Crippen molar-refractivity contribution in [2.75, 3.05) is 43.4 Å². The Kier molecular flexibility index (Phi) is 7.53. The van der Waals surface area contributed by atoms with Gasteiger partial charge in [-0.3, -0.25) is 10.1 Å². The van der Waals surface area contributed by atoms with Crippen LogP contribution in [-0.2, 0) is 0 Å². The van der Waals surface area contributed by atoms with Crippen molar-refractivity contribution in [3.8, 4) is 0 Å². The fourth-order valence-electron chi connectivity index (χ4n) is 2.20. The Morgan fingerprint density at radius 1 is 1.10 bits per heavy atom. The van der Waals surface area contributed by atoms with E-state index in [-0.39, 0.29) is 10.6 Å². The van der Waals surface area contributed by atoms with Crippen molar-refractivity contribution in [1.82, 2.24) is 4.90 Å². The molecule has 0 aliphatic carbocycles. The maximum atomic E-state index is 10.9. The van der Waals surface area contributed by atoms with Crippen molar-refractivity contribution < 1.29 is 4.92 Å². The van der Waals surface area contributed by atoms with Crippen LogP contribution < -0.4 is 10.6 Å². The third-order valence-corrected chi connectivity index (χ3v) is 3.38. The quantitative estimate of drug-likeness (QED) is 0.394. The zero-order valence-corrected chi connectivity index (χ0v) is 13.2. The first-order valence-electron chi connectivity index (χ1n) is 7.60. The number of nitro benzene ring substituents is 1. The summed E-state index contributed by atoms with van der Waals surface area (Å²) in [5, 5.41) is 17.3. The van der Waals surface area contributed by atoms with Gasteiger partial charge in [-0.25, -0.2) is 0 Å². The van der Waals surface area contributed by atoms with E-state index in [0.29, 0.717) is 0 Å². The summed E-state index contributed by atoms with van der Waals surface area (Å²) >= 11 is 0. The second-order valence-electron chi connectivity index (χ2n) is 4.86. The Bertz CT molecular complexity index is 447. The Balaban J connectivity index is 2.59. The number of nitrogens with zero attached hydrogens (tertiary/aromatic N) is 2. The first-order chi connectivity index (χ1) is 10.1. The van der Waals surface area contributed by atoms with E-state index in [4.69, 9.17) is 0 Å². The van der Waals surface area contributed by atoms with Gasteiger partial charge in [-0.2, -0.15) is 0 Å². The van der Waals surface area contributed by atoms with Crippen molar-refractivity contribution in [1.29, 1.82) is 0 Å². The lowest BCUT2D eigenvalue weighted by Crippen LogP contribution is -2.25. The molecule has 6 nitrogen and oxygen atoms in total. The zero-order chi connectivity index (χ0) is 15.7. The number of rotatable bonds is 10. The Morgan fingerprint density at radius 2 is 1.71 bits per heavy atom. The first-order valence-corrected chi connectivity index (χ1v) is 7.60. The molecule has 0 bridgehead atoms. The largest absolute Gasteiger partial charge is 0.385 e. The third kappa shape index (κ3) is 5.99. The zero-order valence-electron chi connectivity index (χ0n) is 13.2. The predicted molar refractivity (Wildman–Crippen MR) is 88.2 cm³/mol. The molecule has 0 unspecified atom stereocenters. The van der Waals surface area contributed by atoms with Crippen LogP contribution in [0.2, 0.25) is 0 Å². The first kappa shape index (κ1) is 17.2. The highest BCUT2D eigenvalue weighted by Crippen LogP contribution is 2.24. The van der Waals surface area contributed by atoms with Crippen LogP contribution >= 0.6 is 0 Å². The highest BCUT2D eigenvalue weighted by atomic mass is 16.6. The van der Waals surface area contributed by atoms with E-state index in [1.165, 1.54) is 0 Å². The van der Waals surface area contributed by atoms with Crippen molar-refractivity contribution in [3.63, 3.8) is 0 Å². The smallest absolute Gasteiger partial charge is 0.273 e. The normalized spacial score (nSPS) is 10.7. The van der Waals surface area contributed by atoms with Crippen LogP contribution in [0.5, 0.6) is 0 Å². The van der Waals surface area contributed by atoms with E-state index in [2.05, 4.69) is 29.4 Å². The van der Waals surface area contributed by atoms with Gasteiger partial charge in [-0.15, -0.1) is 0 Å². The molecule has 0 aromatic heterocycles. The topological polar surface area (TPSA) is 70.4 Å². The second-order valence-corrected chi connectivity index (χ2v) is 4.86. The fraction of sp³-hybridized carbons (Fsp3) is 0.600. The Morgan fingerprint density at radius 3 is 2.24 bits per heavy atom. The highest BCUT2D eigenvalue weighted by molar-refractivity contribution is 5.63. The van der Waals surface area contributed by atoms with Crippen LogP contribution in [0.25, 0.3) is 0 Å². The van der Waals surface area contributed by atoms with Gasteiger partial charge in [0.25, 0.3) is 5.69 Å². The molecule has 1 aromatic rings. The fourth-order valence-corrected chi connectivity index (χ4v) is 2.20. The summed E-state index contributed by atoms with van der Waals surface area (Å²) in [4.78, 5) is 13.0. The molecule has 0 saturated carbocycles. The van der Waals surface area contributed by atoms with Crippen LogP contribution in [0, 0.1) is 10.1 Å². The molecule has 0 aliphatic rings. The molecule has 21 heavy (non-hydrogen) atoms. The van der Waals surface area contributed by atoms with Gasteiger partial charge in [0.15, 0.2) is 0 Å². The van der Waals surface area contributed by atoms with Gasteiger partial charge in [0.1, 0.15) is 0 Å². The summed E-state index contributed by atoms with van der Waals surface area (Å²) in [6, 6.07) is 5.05. The lowest BCUT2D eigenvalue weighted by molar-refractivity contribution is -0.384. The summed E-state index contributed by atoms with van der Waals surface area (Å²) < 4.78 is 0. The Hall–Kier alpha value is -1.82. The maximum absolute atomic E-state index is 10.9. The molecule has 0 radical (unpaired) electrons. The summed E-state index contributed by atoms with van der Waals surface area (Å²) in [7, 11) is 0. The number of hydrogen-bond donors (Lipinski definition) is 2. The standard InChI is InChI=1S/C15H26N4O2/c1-4-16-13-10-14(12-15(11-13)19(20)21)17-8-7-9-18(5-2)6-3/h10-12,16-17H,4-9H2,1-3H3. The van der Waals surface area contributed by atoms with Crippen molar-refractivity contribution in [2.24, 2.45) is 0 Å². The molecular weight excluding hydrogens is 268 g/mol. The average Bonchev–Trinajstić information content (AvgIpc) is 2.47. The molecule has 118 valence electrons. The molecule has 0 fully saturated rings. The van der Waals surface area contributed by atoms with Gasteiger partial charge in [0.2, 0.25) is 0 Å². The number of nitro groups is 1. The van der Waals surface area contributed by atoms with Crippen molar-refractivity contribution in [2.45, 2.75) is 27.2 Å². The predicted octanol–water partition coefficient (Wildman–Crippen LogP) is 3.17. The number of non-ortho nitro benzene ring substituents is 1. The van der Waals surface area contributed by atoms with Crippen LogP contribution in [-0.4, -0.2) is 42.5 Å².